The lowest BCUT2D eigenvalue weighted by atomic mass is 10.1. The Morgan fingerprint density at radius 3 is 2.48 bits per heavy atom. The average Bonchev–Trinajstić information content (AvgIpc) is 2.77. The largest absolute Gasteiger partial charge is 0.378 e. The lowest BCUT2D eigenvalue weighted by Crippen LogP contribution is -2.60. The van der Waals surface area contributed by atoms with Crippen molar-refractivity contribution in [3.63, 3.8) is 0 Å². The van der Waals surface area contributed by atoms with Gasteiger partial charge in [0.2, 0.25) is 0 Å². The molecule has 1 N–H and O–H groups in total. The first-order chi connectivity index (χ1) is 14.1. The third kappa shape index (κ3) is 4.88. The summed E-state index contributed by atoms with van der Waals surface area (Å²) in [5, 5.41) is 3.01. The highest BCUT2D eigenvalue weighted by atomic mass is 16.5. The van der Waals surface area contributed by atoms with Gasteiger partial charge in [-0.3, -0.25) is 9.69 Å². The van der Waals surface area contributed by atoms with Crippen LogP contribution in [-0.2, 0) is 11.3 Å². The van der Waals surface area contributed by atoms with Gasteiger partial charge in [0.25, 0.3) is 5.91 Å². The van der Waals surface area contributed by atoms with E-state index in [1.54, 1.807) is 0 Å². The number of fused-ring (bicyclic) bond motifs is 1. The number of benzene rings is 1. The molecule has 29 heavy (non-hydrogen) atoms. The van der Waals surface area contributed by atoms with Crippen molar-refractivity contribution in [3.8, 4) is 0 Å². The molecule has 0 aromatic heterocycles. The SMILES string of the molecule is CN1CCN(C(=O)c2ccc(CNC(=O)N3CCN4CCOCC4C3)cc2)CC1. The molecule has 3 amide bonds. The van der Waals surface area contributed by atoms with Crippen LogP contribution in [0, 0.1) is 0 Å². The molecule has 4 rings (SSSR count). The van der Waals surface area contributed by atoms with Gasteiger partial charge in [-0.15, -0.1) is 0 Å². The summed E-state index contributed by atoms with van der Waals surface area (Å²) in [6, 6.07) is 7.85. The van der Waals surface area contributed by atoms with E-state index in [4.69, 9.17) is 4.74 Å². The molecule has 0 bridgehead atoms. The van der Waals surface area contributed by atoms with Crippen LogP contribution in [0.25, 0.3) is 0 Å². The van der Waals surface area contributed by atoms with Crippen LogP contribution in [0.5, 0.6) is 0 Å². The van der Waals surface area contributed by atoms with Crippen molar-refractivity contribution in [2.75, 3.05) is 72.6 Å². The van der Waals surface area contributed by atoms with Gasteiger partial charge in [-0.25, -0.2) is 4.79 Å². The van der Waals surface area contributed by atoms with Gasteiger partial charge in [0.05, 0.1) is 19.3 Å². The van der Waals surface area contributed by atoms with E-state index in [9.17, 15) is 9.59 Å². The van der Waals surface area contributed by atoms with Crippen LogP contribution in [0.15, 0.2) is 24.3 Å². The Bertz CT molecular complexity index is 718. The van der Waals surface area contributed by atoms with Gasteiger partial charge in [-0.05, 0) is 24.7 Å². The molecule has 1 atom stereocenters. The number of nitrogens with one attached hydrogen (secondary N) is 1. The predicted octanol–water partition coefficient (Wildman–Crippen LogP) is 0.300. The second kappa shape index (κ2) is 9.11. The van der Waals surface area contributed by atoms with Crippen LogP contribution in [-0.4, -0.2) is 110 Å². The molecular formula is C21H31N5O3. The van der Waals surface area contributed by atoms with E-state index in [1.807, 2.05) is 34.1 Å². The molecule has 1 aromatic carbocycles. The summed E-state index contributed by atoms with van der Waals surface area (Å²) >= 11 is 0. The summed E-state index contributed by atoms with van der Waals surface area (Å²) in [6.45, 7) is 8.65. The van der Waals surface area contributed by atoms with Crippen LogP contribution >= 0.6 is 0 Å². The molecule has 0 radical (unpaired) electrons. The molecular weight excluding hydrogens is 370 g/mol. The number of ether oxygens (including phenoxy) is 1. The van der Waals surface area contributed by atoms with Gasteiger partial charge in [-0.1, -0.05) is 12.1 Å². The molecule has 0 aliphatic carbocycles. The number of nitrogens with zero attached hydrogens (tertiary/aromatic N) is 4. The third-order valence-corrected chi connectivity index (χ3v) is 6.16. The van der Waals surface area contributed by atoms with Crippen molar-refractivity contribution >= 4 is 11.9 Å². The molecule has 3 fully saturated rings. The predicted molar refractivity (Wildman–Crippen MR) is 110 cm³/mol. The summed E-state index contributed by atoms with van der Waals surface area (Å²) in [4.78, 5) is 33.6. The number of morpholine rings is 1. The molecule has 1 aromatic rings. The minimum atomic E-state index is -0.0344. The van der Waals surface area contributed by atoms with Crippen LogP contribution in [0.2, 0.25) is 0 Å². The van der Waals surface area contributed by atoms with E-state index in [-0.39, 0.29) is 11.9 Å². The number of carbonyl (C=O) groups is 2. The van der Waals surface area contributed by atoms with E-state index in [0.717, 1.165) is 58.0 Å². The zero-order valence-electron chi connectivity index (χ0n) is 17.2. The molecule has 0 spiro atoms. The highest BCUT2D eigenvalue weighted by Crippen LogP contribution is 2.14. The Morgan fingerprint density at radius 1 is 1.00 bits per heavy atom. The molecule has 8 heteroatoms. The second-order valence-corrected chi connectivity index (χ2v) is 8.16. The lowest BCUT2D eigenvalue weighted by molar-refractivity contribution is -0.0365. The molecule has 8 nitrogen and oxygen atoms in total. The van der Waals surface area contributed by atoms with Crippen LogP contribution in [0.1, 0.15) is 15.9 Å². The summed E-state index contributed by atoms with van der Waals surface area (Å²) in [5.74, 6) is 0.0845. The van der Waals surface area contributed by atoms with Gasteiger partial charge in [0.15, 0.2) is 0 Å². The quantitative estimate of drug-likeness (QED) is 0.789. The van der Waals surface area contributed by atoms with Crippen molar-refractivity contribution in [2.45, 2.75) is 12.6 Å². The number of rotatable bonds is 3. The van der Waals surface area contributed by atoms with Crippen LogP contribution in [0.3, 0.4) is 0 Å². The zero-order valence-corrected chi connectivity index (χ0v) is 17.2. The first kappa shape index (κ1) is 20.1. The number of hydrogen-bond acceptors (Lipinski definition) is 5. The van der Waals surface area contributed by atoms with Crippen LogP contribution < -0.4 is 5.32 Å². The Kier molecular flexibility index (Phi) is 6.32. The number of carbonyl (C=O) groups excluding carboxylic acids is 2. The van der Waals surface area contributed by atoms with Gasteiger partial charge in [0, 0.05) is 64.5 Å². The Balaban J connectivity index is 1.25. The lowest BCUT2D eigenvalue weighted by Gasteiger charge is -2.43. The first-order valence-electron chi connectivity index (χ1n) is 10.5. The number of likely N-dealkylation sites (N-methyl/N-ethyl adjacent to an activating group) is 1. The molecule has 3 aliphatic heterocycles. The summed E-state index contributed by atoms with van der Waals surface area (Å²) in [5.41, 5.74) is 1.70. The fourth-order valence-electron chi connectivity index (χ4n) is 4.18. The van der Waals surface area contributed by atoms with E-state index in [0.29, 0.717) is 31.3 Å². The zero-order chi connectivity index (χ0) is 20.2. The Hall–Kier alpha value is -2.16. The maximum Gasteiger partial charge on any atom is 0.317 e. The van der Waals surface area contributed by atoms with Crippen molar-refractivity contribution in [1.29, 1.82) is 0 Å². The monoisotopic (exact) mass is 401 g/mol. The first-order valence-corrected chi connectivity index (χ1v) is 10.5. The number of amides is 3. The highest BCUT2D eigenvalue weighted by molar-refractivity contribution is 5.94. The fourth-order valence-corrected chi connectivity index (χ4v) is 4.18. The average molecular weight is 402 g/mol. The van der Waals surface area contributed by atoms with E-state index >= 15 is 0 Å². The van der Waals surface area contributed by atoms with Crippen molar-refractivity contribution < 1.29 is 14.3 Å². The second-order valence-electron chi connectivity index (χ2n) is 8.16. The maximum atomic E-state index is 12.6. The molecule has 3 aliphatic rings. The minimum Gasteiger partial charge on any atom is -0.378 e. The summed E-state index contributed by atoms with van der Waals surface area (Å²) in [7, 11) is 2.08. The van der Waals surface area contributed by atoms with Crippen molar-refractivity contribution in [2.24, 2.45) is 0 Å². The van der Waals surface area contributed by atoms with Crippen molar-refractivity contribution in [1.82, 2.24) is 24.9 Å². The van der Waals surface area contributed by atoms with Crippen molar-refractivity contribution in [3.05, 3.63) is 35.4 Å². The maximum absolute atomic E-state index is 12.6. The number of piperazine rings is 2. The van der Waals surface area contributed by atoms with E-state index in [2.05, 4.69) is 22.2 Å². The molecule has 3 saturated heterocycles. The summed E-state index contributed by atoms with van der Waals surface area (Å²) in [6.07, 6.45) is 0. The Labute approximate surface area is 172 Å². The minimum absolute atomic E-state index is 0.0344. The standard InChI is InChI=1S/C21H31N5O3/c1-23-6-8-25(9-7-23)20(27)18-4-2-17(3-5-18)14-22-21(28)26-11-10-24-12-13-29-16-19(24)15-26/h2-5,19H,6-16H2,1H3,(H,22,28). The Morgan fingerprint density at radius 2 is 1.72 bits per heavy atom. The molecule has 158 valence electrons. The van der Waals surface area contributed by atoms with Gasteiger partial charge in [0.1, 0.15) is 0 Å². The molecule has 1 unspecified atom stereocenters. The summed E-state index contributed by atoms with van der Waals surface area (Å²) < 4.78 is 5.54. The van der Waals surface area contributed by atoms with Gasteiger partial charge < -0.3 is 24.8 Å². The van der Waals surface area contributed by atoms with Gasteiger partial charge >= 0.3 is 6.03 Å². The smallest absolute Gasteiger partial charge is 0.317 e. The molecule has 3 heterocycles. The van der Waals surface area contributed by atoms with E-state index < -0.39 is 0 Å². The van der Waals surface area contributed by atoms with E-state index in [1.165, 1.54) is 0 Å². The normalized spacial score (nSPS) is 23.6. The fraction of sp³-hybridized carbons (Fsp3) is 0.619. The number of hydrogen-bond donors (Lipinski definition) is 1. The van der Waals surface area contributed by atoms with Gasteiger partial charge in [-0.2, -0.15) is 0 Å². The molecule has 0 saturated carbocycles. The highest BCUT2D eigenvalue weighted by Gasteiger charge is 2.31. The topological polar surface area (TPSA) is 68.4 Å². The van der Waals surface area contributed by atoms with Crippen LogP contribution in [0.4, 0.5) is 4.79 Å². The number of urea groups is 1. The third-order valence-electron chi connectivity index (χ3n) is 6.16.